The molecule has 2 aromatic rings. The molecule has 3 atom stereocenters. The van der Waals surface area contributed by atoms with Crippen LogP contribution in [-0.2, 0) is 16.1 Å². The summed E-state index contributed by atoms with van der Waals surface area (Å²) in [5.41, 5.74) is 0.957. The number of hydrogen-bond acceptors (Lipinski definition) is 6. The Morgan fingerprint density at radius 3 is 2.92 bits per heavy atom. The van der Waals surface area contributed by atoms with Gasteiger partial charge in [-0.25, -0.2) is 14.4 Å². The molecule has 4 heterocycles. The molecule has 0 aliphatic carbocycles. The number of rotatable bonds is 4. The van der Waals surface area contributed by atoms with Gasteiger partial charge in [0.1, 0.15) is 0 Å². The molecule has 2 fully saturated rings. The molecule has 2 bridgehead atoms. The van der Waals surface area contributed by atoms with Crippen LogP contribution < -0.4 is 10.2 Å². The van der Waals surface area contributed by atoms with Crippen LogP contribution in [0.4, 0.5) is 10.3 Å². The van der Waals surface area contributed by atoms with Crippen molar-refractivity contribution >= 4 is 11.9 Å². The summed E-state index contributed by atoms with van der Waals surface area (Å²) < 4.78 is 18.9. The van der Waals surface area contributed by atoms with Crippen LogP contribution >= 0.6 is 0 Å². The van der Waals surface area contributed by atoms with Crippen molar-refractivity contribution in [3.05, 3.63) is 48.3 Å². The van der Waals surface area contributed by atoms with Crippen LogP contribution in [0.15, 0.2) is 36.9 Å². The highest BCUT2D eigenvalue weighted by atomic mass is 19.1. The third-order valence-electron chi connectivity index (χ3n) is 4.57. The van der Waals surface area contributed by atoms with Crippen LogP contribution in [0.3, 0.4) is 0 Å². The fourth-order valence-corrected chi connectivity index (χ4v) is 3.39. The molecule has 0 aromatic carbocycles. The second kappa shape index (κ2) is 6.72. The van der Waals surface area contributed by atoms with Crippen molar-refractivity contribution in [1.82, 2.24) is 20.3 Å². The van der Waals surface area contributed by atoms with Gasteiger partial charge in [-0.3, -0.25) is 9.78 Å². The minimum Gasteiger partial charge on any atom is -0.370 e. The van der Waals surface area contributed by atoms with Crippen LogP contribution in [0.25, 0.3) is 0 Å². The zero-order valence-electron chi connectivity index (χ0n) is 13.5. The van der Waals surface area contributed by atoms with E-state index in [-0.39, 0.29) is 24.0 Å². The number of hydrogen-bond donors (Lipinski definition) is 1. The van der Waals surface area contributed by atoms with E-state index in [1.54, 1.807) is 12.4 Å². The Balaban J connectivity index is 1.38. The number of amides is 1. The average Bonchev–Trinajstić information content (AvgIpc) is 2.95. The summed E-state index contributed by atoms with van der Waals surface area (Å²) in [6, 6.07) is 3.76. The van der Waals surface area contributed by atoms with E-state index in [9.17, 15) is 9.18 Å². The van der Waals surface area contributed by atoms with E-state index in [4.69, 9.17) is 4.74 Å². The van der Waals surface area contributed by atoms with Gasteiger partial charge < -0.3 is 15.0 Å². The lowest BCUT2D eigenvalue weighted by Gasteiger charge is -2.32. The van der Waals surface area contributed by atoms with Gasteiger partial charge in [0, 0.05) is 32.0 Å². The van der Waals surface area contributed by atoms with E-state index >= 15 is 0 Å². The SMILES string of the molecule is O=C(NCc1cccnc1)[C@@H]1C[C@H]2CN(c3ncc(F)cn3)C[C@@H]1O2. The maximum Gasteiger partial charge on any atom is 0.226 e. The van der Waals surface area contributed by atoms with Crippen LogP contribution in [0.2, 0.25) is 0 Å². The van der Waals surface area contributed by atoms with Crippen molar-refractivity contribution in [3.63, 3.8) is 0 Å². The minimum absolute atomic E-state index is 0.0155. The Labute approximate surface area is 144 Å². The third kappa shape index (κ3) is 3.43. The third-order valence-corrected chi connectivity index (χ3v) is 4.57. The molecule has 0 saturated carbocycles. The molecular formula is C17H18FN5O2. The van der Waals surface area contributed by atoms with E-state index in [1.165, 1.54) is 0 Å². The van der Waals surface area contributed by atoms with Gasteiger partial charge in [0.05, 0.1) is 30.5 Å². The Morgan fingerprint density at radius 1 is 1.32 bits per heavy atom. The molecule has 25 heavy (non-hydrogen) atoms. The predicted molar refractivity (Wildman–Crippen MR) is 87.1 cm³/mol. The maximum absolute atomic E-state index is 13.0. The quantitative estimate of drug-likeness (QED) is 0.889. The molecule has 8 heteroatoms. The number of ether oxygens (including phenoxy) is 1. The van der Waals surface area contributed by atoms with Gasteiger partial charge in [0.25, 0.3) is 0 Å². The number of nitrogens with zero attached hydrogens (tertiary/aromatic N) is 4. The van der Waals surface area contributed by atoms with E-state index in [1.807, 2.05) is 17.0 Å². The van der Waals surface area contributed by atoms with Crippen molar-refractivity contribution in [1.29, 1.82) is 0 Å². The number of carbonyl (C=O) groups is 1. The summed E-state index contributed by atoms with van der Waals surface area (Å²) in [6.45, 7) is 1.58. The van der Waals surface area contributed by atoms with E-state index in [2.05, 4.69) is 20.3 Å². The van der Waals surface area contributed by atoms with Gasteiger partial charge in [0.15, 0.2) is 5.82 Å². The van der Waals surface area contributed by atoms with E-state index in [0.29, 0.717) is 32.0 Å². The van der Waals surface area contributed by atoms with Gasteiger partial charge in [-0.15, -0.1) is 0 Å². The molecule has 0 radical (unpaired) electrons. The first-order valence-electron chi connectivity index (χ1n) is 8.23. The number of aromatic nitrogens is 3. The van der Waals surface area contributed by atoms with E-state index < -0.39 is 5.82 Å². The van der Waals surface area contributed by atoms with Gasteiger partial charge in [-0.1, -0.05) is 6.07 Å². The Bertz CT molecular complexity index is 742. The van der Waals surface area contributed by atoms with Crippen molar-refractivity contribution in [2.24, 2.45) is 5.92 Å². The normalized spacial score (nSPS) is 25.0. The van der Waals surface area contributed by atoms with Crippen molar-refractivity contribution in [3.8, 4) is 0 Å². The summed E-state index contributed by atoms with van der Waals surface area (Å²) in [4.78, 5) is 26.6. The fraction of sp³-hybridized carbons (Fsp3) is 0.412. The lowest BCUT2D eigenvalue weighted by atomic mass is 9.99. The highest BCUT2D eigenvalue weighted by Crippen LogP contribution is 2.33. The summed E-state index contributed by atoms with van der Waals surface area (Å²) in [5, 5.41) is 2.96. The molecule has 7 nitrogen and oxygen atoms in total. The monoisotopic (exact) mass is 343 g/mol. The van der Waals surface area contributed by atoms with Crippen molar-refractivity contribution in [2.45, 2.75) is 25.2 Å². The average molecular weight is 343 g/mol. The lowest BCUT2D eigenvalue weighted by molar-refractivity contribution is -0.126. The number of carbonyl (C=O) groups excluding carboxylic acids is 1. The smallest absolute Gasteiger partial charge is 0.226 e. The summed E-state index contributed by atoms with van der Waals surface area (Å²) in [7, 11) is 0. The van der Waals surface area contributed by atoms with Gasteiger partial charge in [-0.05, 0) is 18.1 Å². The maximum atomic E-state index is 13.0. The van der Waals surface area contributed by atoms with Crippen LogP contribution in [-0.4, -0.2) is 46.2 Å². The van der Waals surface area contributed by atoms with Gasteiger partial charge >= 0.3 is 0 Å². The zero-order valence-corrected chi connectivity index (χ0v) is 13.5. The molecule has 130 valence electrons. The lowest BCUT2D eigenvalue weighted by Crippen LogP contribution is -2.46. The molecular weight excluding hydrogens is 325 g/mol. The molecule has 1 amide bonds. The second-order valence-electron chi connectivity index (χ2n) is 6.32. The molecule has 2 aliphatic heterocycles. The topological polar surface area (TPSA) is 80.2 Å². The minimum atomic E-state index is -0.465. The van der Waals surface area contributed by atoms with Crippen LogP contribution in [0.1, 0.15) is 12.0 Å². The Kier molecular flexibility index (Phi) is 4.27. The highest BCUT2D eigenvalue weighted by Gasteiger charge is 2.45. The van der Waals surface area contributed by atoms with Crippen molar-refractivity contribution < 1.29 is 13.9 Å². The molecule has 2 saturated heterocycles. The van der Waals surface area contributed by atoms with E-state index in [0.717, 1.165) is 18.0 Å². The number of halogens is 1. The molecule has 0 spiro atoms. The first-order valence-corrected chi connectivity index (χ1v) is 8.23. The molecule has 4 rings (SSSR count). The highest BCUT2D eigenvalue weighted by molar-refractivity contribution is 5.79. The summed E-state index contributed by atoms with van der Waals surface area (Å²) in [6.07, 6.45) is 6.15. The Hall–Kier alpha value is -2.61. The van der Waals surface area contributed by atoms with Gasteiger partial charge in [-0.2, -0.15) is 0 Å². The van der Waals surface area contributed by atoms with Crippen molar-refractivity contribution in [2.75, 3.05) is 18.0 Å². The zero-order chi connectivity index (χ0) is 17.2. The Morgan fingerprint density at radius 2 is 2.16 bits per heavy atom. The summed E-state index contributed by atoms with van der Waals surface area (Å²) >= 11 is 0. The predicted octanol–water partition coefficient (Wildman–Crippen LogP) is 0.921. The number of fused-ring (bicyclic) bond motifs is 2. The second-order valence-corrected chi connectivity index (χ2v) is 6.32. The number of anilines is 1. The first kappa shape index (κ1) is 15.9. The molecule has 1 N–H and O–H groups in total. The van der Waals surface area contributed by atoms with Gasteiger partial charge in [0.2, 0.25) is 11.9 Å². The first-order chi connectivity index (χ1) is 12.2. The molecule has 2 aliphatic rings. The standard InChI is InChI=1S/C17H18FN5O2/c18-12-7-21-17(22-8-12)23-9-13-4-14(15(10-23)25-13)16(24)20-6-11-2-1-3-19-5-11/h1-3,5,7-8,13-15H,4,6,9-10H2,(H,20,24)/t13-,14+,15-/m0/s1. The fourth-order valence-electron chi connectivity index (χ4n) is 3.39. The largest absolute Gasteiger partial charge is 0.370 e. The number of morpholine rings is 1. The number of nitrogens with one attached hydrogen (secondary N) is 1. The van der Waals surface area contributed by atoms with Crippen LogP contribution in [0.5, 0.6) is 0 Å². The summed E-state index contributed by atoms with van der Waals surface area (Å²) in [5.74, 6) is -0.214. The molecule has 0 unspecified atom stereocenters. The molecule has 2 aromatic heterocycles. The van der Waals surface area contributed by atoms with Crippen LogP contribution in [0, 0.1) is 11.7 Å². The number of pyridine rings is 1.